The number of nitrogens with zero attached hydrogens (tertiary/aromatic N) is 1. The van der Waals surface area contributed by atoms with Gasteiger partial charge in [-0.25, -0.2) is 4.79 Å². The van der Waals surface area contributed by atoms with Crippen LogP contribution < -0.4 is 10.6 Å². The number of carbonyl (C=O) groups excluding carboxylic acids is 1. The van der Waals surface area contributed by atoms with Crippen molar-refractivity contribution in [1.29, 1.82) is 0 Å². The van der Waals surface area contributed by atoms with Crippen LogP contribution in [-0.4, -0.2) is 11.0 Å². The molecule has 1 heterocycles. The summed E-state index contributed by atoms with van der Waals surface area (Å²) >= 11 is 0. The molecule has 0 aliphatic carbocycles. The van der Waals surface area contributed by atoms with Gasteiger partial charge in [-0.2, -0.15) is 0 Å². The van der Waals surface area contributed by atoms with Crippen LogP contribution in [0.1, 0.15) is 44.5 Å². The molecular formula is C19H25N3O. The summed E-state index contributed by atoms with van der Waals surface area (Å²) in [6.07, 6.45) is 2.59. The first-order valence-electron chi connectivity index (χ1n) is 7.93. The molecule has 1 atom stereocenters. The number of rotatable bonds is 5. The maximum Gasteiger partial charge on any atom is 0.315 e. The van der Waals surface area contributed by atoms with Crippen molar-refractivity contribution in [3.63, 3.8) is 0 Å². The first-order chi connectivity index (χ1) is 10.9. The highest BCUT2D eigenvalue weighted by atomic mass is 16.2. The van der Waals surface area contributed by atoms with E-state index in [1.807, 2.05) is 36.4 Å². The zero-order chi connectivity index (χ0) is 16.7. The molecule has 0 fully saturated rings. The smallest absolute Gasteiger partial charge is 0.315 e. The molecule has 4 nitrogen and oxygen atoms in total. The molecule has 0 aliphatic rings. The summed E-state index contributed by atoms with van der Waals surface area (Å²) in [5, 5.41) is 5.95. The second kappa shape index (κ2) is 7.77. The van der Waals surface area contributed by atoms with E-state index in [1.165, 1.54) is 0 Å². The lowest BCUT2D eigenvalue weighted by molar-refractivity contribution is 0.230. The number of pyridine rings is 1. The third kappa shape index (κ3) is 6.10. The van der Waals surface area contributed by atoms with Crippen molar-refractivity contribution in [2.75, 3.05) is 0 Å². The second-order valence-electron chi connectivity index (χ2n) is 6.88. The van der Waals surface area contributed by atoms with Crippen LogP contribution in [0.3, 0.4) is 0 Å². The Balaban J connectivity index is 1.98. The Bertz CT molecular complexity index is 606. The van der Waals surface area contributed by atoms with Crippen molar-refractivity contribution in [3.05, 3.63) is 66.0 Å². The monoisotopic (exact) mass is 311 g/mol. The molecule has 122 valence electrons. The molecule has 1 unspecified atom stereocenters. The predicted octanol–water partition coefficient (Wildman–Crippen LogP) is 4.06. The molecular weight excluding hydrogens is 286 g/mol. The van der Waals surface area contributed by atoms with Crippen molar-refractivity contribution in [1.82, 2.24) is 15.6 Å². The molecule has 1 aromatic carbocycles. The number of urea groups is 1. The van der Waals surface area contributed by atoms with Gasteiger partial charge in [0.2, 0.25) is 0 Å². The van der Waals surface area contributed by atoms with E-state index in [4.69, 9.17) is 0 Å². The maximum atomic E-state index is 12.2. The fourth-order valence-corrected chi connectivity index (χ4v) is 2.43. The minimum Gasteiger partial charge on any atom is -0.332 e. The Labute approximate surface area is 138 Å². The van der Waals surface area contributed by atoms with Crippen molar-refractivity contribution in [2.24, 2.45) is 5.41 Å². The van der Waals surface area contributed by atoms with Gasteiger partial charge in [0.05, 0.1) is 18.3 Å². The summed E-state index contributed by atoms with van der Waals surface area (Å²) in [5.41, 5.74) is 2.08. The fourth-order valence-electron chi connectivity index (χ4n) is 2.43. The summed E-state index contributed by atoms with van der Waals surface area (Å²) in [7, 11) is 0. The molecule has 23 heavy (non-hydrogen) atoms. The van der Waals surface area contributed by atoms with Gasteiger partial charge in [0.1, 0.15) is 0 Å². The largest absolute Gasteiger partial charge is 0.332 e. The van der Waals surface area contributed by atoms with Crippen molar-refractivity contribution >= 4 is 6.03 Å². The zero-order valence-corrected chi connectivity index (χ0v) is 14.0. The second-order valence-corrected chi connectivity index (χ2v) is 6.88. The van der Waals surface area contributed by atoms with E-state index in [2.05, 4.69) is 48.5 Å². The fraction of sp³-hybridized carbons (Fsp3) is 0.368. The third-order valence-corrected chi connectivity index (χ3v) is 3.48. The summed E-state index contributed by atoms with van der Waals surface area (Å²) in [4.78, 5) is 16.4. The lowest BCUT2D eigenvalue weighted by Gasteiger charge is -2.27. The van der Waals surface area contributed by atoms with Gasteiger partial charge in [0, 0.05) is 6.20 Å². The predicted molar refractivity (Wildman–Crippen MR) is 92.9 cm³/mol. The van der Waals surface area contributed by atoms with Crippen LogP contribution in [0, 0.1) is 5.41 Å². The molecule has 1 aromatic heterocycles. The minimum absolute atomic E-state index is 0.0140. The van der Waals surface area contributed by atoms with Gasteiger partial charge in [-0.15, -0.1) is 0 Å². The summed E-state index contributed by atoms with van der Waals surface area (Å²) < 4.78 is 0. The minimum atomic E-state index is -0.172. The number of aromatic nitrogens is 1. The standard InChI is InChI=1S/C19H25N3O/c1-19(2,3)13-17(15-9-5-4-6-10-15)22-18(23)21-14-16-11-7-8-12-20-16/h4-12,17H,13-14H2,1-3H3,(H2,21,22,23). The van der Waals surface area contributed by atoms with Crippen LogP contribution >= 0.6 is 0 Å². The van der Waals surface area contributed by atoms with Crippen LogP contribution in [-0.2, 0) is 6.54 Å². The van der Waals surface area contributed by atoms with Crippen molar-refractivity contribution in [2.45, 2.75) is 39.8 Å². The van der Waals surface area contributed by atoms with E-state index in [-0.39, 0.29) is 17.5 Å². The molecule has 2 aromatic rings. The highest BCUT2D eigenvalue weighted by Gasteiger charge is 2.21. The van der Waals surface area contributed by atoms with Gasteiger partial charge in [0.25, 0.3) is 0 Å². The van der Waals surface area contributed by atoms with Crippen LogP contribution in [0.5, 0.6) is 0 Å². The van der Waals surface area contributed by atoms with E-state index >= 15 is 0 Å². The average Bonchev–Trinajstić information content (AvgIpc) is 2.53. The molecule has 0 radical (unpaired) electrons. The van der Waals surface area contributed by atoms with Gasteiger partial charge in [-0.1, -0.05) is 57.2 Å². The zero-order valence-electron chi connectivity index (χ0n) is 14.0. The summed E-state index contributed by atoms with van der Waals surface area (Å²) in [6.45, 7) is 6.95. The summed E-state index contributed by atoms with van der Waals surface area (Å²) in [5.74, 6) is 0. The number of carbonyl (C=O) groups is 1. The van der Waals surface area contributed by atoms with Crippen LogP contribution in [0.15, 0.2) is 54.7 Å². The Morgan fingerprint density at radius 3 is 2.39 bits per heavy atom. The van der Waals surface area contributed by atoms with E-state index in [0.29, 0.717) is 6.54 Å². The van der Waals surface area contributed by atoms with Gasteiger partial charge < -0.3 is 10.6 Å². The molecule has 2 rings (SSSR count). The third-order valence-electron chi connectivity index (χ3n) is 3.48. The molecule has 0 bridgehead atoms. The van der Waals surface area contributed by atoms with Gasteiger partial charge in [-0.05, 0) is 29.5 Å². The van der Waals surface area contributed by atoms with Crippen molar-refractivity contribution in [3.8, 4) is 0 Å². The Morgan fingerprint density at radius 1 is 1.09 bits per heavy atom. The van der Waals surface area contributed by atoms with E-state index in [9.17, 15) is 4.79 Å². The van der Waals surface area contributed by atoms with E-state index in [1.54, 1.807) is 6.20 Å². The molecule has 0 aliphatic heterocycles. The number of hydrogen-bond acceptors (Lipinski definition) is 2. The number of amides is 2. The maximum absolute atomic E-state index is 12.2. The SMILES string of the molecule is CC(C)(C)CC(NC(=O)NCc1ccccn1)c1ccccc1. The quantitative estimate of drug-likeness (QED) is 0.875. The lowest BCUT2D eigenvalue weighted by Crippen LogP contribution is -2.39. The van der Waals surface area contributed by atoms with Crippen molar-refractivity contribution < 1.29 is 4.79 Å². The molecule has 0 saturated heterocycles. The summed E-state index contributed by atoms with van der Waals surface area (Å²) in [6, 6.07) is 15.6. The Hall–Kier alpha value is -2.36. The molecule has 2 amide bonds. The van der Waals surface area contributed by atoms with Gasteiger partial charge in [0.15, 0.2) is 0 Å². The molecule has 0 spiro atoms. The highest BCUT2D eigenvalue weighted by Crippen LogP contribution is 2.29. The van der Waals surface area contributed by atoms with Crippen LogP contribution in [0.2, 0.25) is 0 Å². The van der Waals surface area contributed by atoms with Crippen LogP contribution in [0.4, 0.5) is 4.79 Å². The topological polar surface area (TPSA) is 54.0 Å². The van der Waals surface area contributed by atoms with Crippen LogP contribution in [0.25, 0.3) is 0 Å². The molecule has 0 saturated carbocycles. The number of benzene rings is 1. The Morgan fingerprint density at radius 2 is 1.78 bits per heavy atom. The first-order valence-corrected chi connectivity index (χ1v) is 7.93. The average molecular weight is 311 g/mol. The Kier molecular flexibility index (Phi) is 5.74. The normalized spacial score (nSPS) is 12.5. The molecule has 2 N–H and O–H groups in total. The molecule has 4 heteroatoms. The number of nitrogens with one attached hydrogen (secondary N) is 2. The number of hydrogen-bond donors (Lipinski definition) is 2. The van der Waals surface area contributed by atoms with Gasteiger partial charge >= 0.3 is 6.03 Å². The first kappa shape index (κ1) is 17.0. The van der Waals surface area contributed by atoms with E-state index in [0.717, 1.165) is 17.7 Å². The van der Waals surface area contributed by atoms with Gasteiger partial charge in [-0.3, -0.25) is 4.98 Å². The lowest BCUT2D eigenvalue weighted by atomic mass is 9.85. The highest BCUT2D eigenvalue weighted by molar-refractivity contribution is 5.74. The van der Waals surface area contributed by atoms with E-state index < -0.39 is 0 Å².